The van der Waals surface area contributed by atoms with E-state index in [9.17, 15) is 4.79 Å². The molecule has 0 aromatic carbocycles. The molecule has 0 spiro atoms. The van der Waals surface area contributed by atoms with Crippen LogP contribution in [0.2, 0.25) is 0 Å². The summed E-state index contributed by atoms with van der Waals surface area (Å²) in [6, 6.07) is 0. The van der Waals surface area contributed by atoms with Crippen molar-refractivity contribution >= 4 is 17.2 Å². The molecule has 1 fully saturated rings. The fourth-order valence-corrected chi connectivity index (χ4v) is 3.74. The molecule has 2 aromatic rings. The van der Waals surface area contributed by atoms with Gasteiger partial charge in [0.2, 0.25) is 0 Å². The third kappa shape index (κ3) is 4.19. The Morgan fingerprint density at radius 2 is 2.21 bits per heavy atom. The summed E-state index contributed by atoms with van der Waals surface area (Å²) < 4.78 is 1.74. The van der Waals surface area contributed by atoms with Crippen molar-refractivity contribution in [2.75, 3.05) is 39.3 Å². The number of amides is 1. The minimum absolute atomic E-state index is 0.0274. The van der Waals surface area contributed by atoms with Crippen molar-refractivity contribution in [1.29, 1.82) is 0 Å². The van der Waals surface area contributed by atoms with Gasteiger partial charge in [-0.05, 0) is 19.9 Å². The molecule has 1 aliphatic heterocycles. The van der Waals surface area contributed by atoms with Gasteiger partial charge in [-0.25, -0.2) is 4.98 Å². The van der Waals surface area contributed by atoms with Gasteiger partial charge in [0, 0.05) is 51.5 Å². The monoisotopic (exact) mass is 348 g/mol. The van der Waals surface area contributed by atoms with Gasteiger partial charge >= 0.3 is 0 Å². The molecule has 2 aromatic heterocycles. The van der Waals surface area contributed by atoms with Crippen LogP contribution in [0.4, 0.5) is 0 Å². The Bertz CT molecular complexity index is 689. The summed E-state index contributed by atoms with van der Waals surface area (Å²) in [5.41, 5.74) is 1.72. The minimum Gasteiger partial charge on any atom is -0.351 e. The van der Waals surface area contributed by atoms with Gasteiger partial charge in [-0.3, -0.25) is 9.48 Å². The van der Waals surface area contributed by atoms with Gasteiger partial charge in [0.15, 0.2) is 0 Å². The lowest BCUT2D eigenvalue weighted by atomic mass is 10.3. The average Bonchev–Trinajstić information content (AvgIpc) is 3.18. The molecule has 0 bridgehead atoms. The Balaban J connectivity index is 1.50. The van der Waals surface area contributed by atoms with E-state index < -0.39 is 0 Å². The molecule has 0 aliphatic carbocycles. The Kier molecular flexibility index (Phi) is 5.60. The van der Waals surface area contributed by atoms with Gasteiger partial charge in [-0.2, -0.15) is 5.10 Å². The summed E-state index contributed by atoms with van der Waals surface area (Å²) in [5, 5.41) is 11.4. The SMILES string of the molecule is Cc1nc(-c2cnn(C)c2)sc1C(=O)NCCCN1CCNCC1. The van der Waals surface area contributed by atoms with Crippen molar-refractivity contribution in [1.82, 2.24) is 30.3 Å². The third-order valence-electron chi connectivity index (χ3n) is 4.10. The smallest absolute Gasteiger partial charge is 0.263 e. The van der Waals surface area contributed by atoms with Crippen molar-refractivity contribution in [3.63, 3.8) is 0 Å². The van der Waals surface area contributed by atoms with Gasteiger partial charge in [0.1, 0.15) is 9.88 Å². The van der Waals surface area contributed by atoms with Crippen LogP contribution < -0.4 is 10.6 Å². The normalized spacial score (nSPS) is 15.6. The first-order chi connectivity index (χ1) is 11.6. The standard InChI is InChI=1S/C16H24N6OS/c1-12-14(24-16(20-12)13-10-19-21(2)11-13)15(23)18-4-3-7-22-8-5-17-6-9-22/h10-11,17H,3-9H2,1-2H3,(H,18,23). The first-order valence-electron chi connectivity index (χ1n) is 8.31. The minimum atomic E-state index is -0.0274. The van der Waals surface area contributed by atoms with E-state index >= 15 is 0 Å². The van der Waals surface area contributed by atoms with Crippen LogP contribution in [0.5, 0.6) is 0 Å². The van der Waals surface area contributed by atoms with Gasteiger partial charge in [0.05, 0.1) is 11.9 Å². The van der Waals surface area contributed by atoms with Crippen LogP contribution in [0.1, 0.15) is 21.8 Å². The molecule has 2 N–H and O–H groups in total. The molecule has 1 saturated heterocycles. The molecule has 0 unspecified atom stereocenters. The predicted octanol–water partition coefficient (Wildman–Crippen LogP) is 0.877. The zero-order valence-electron chi connectivity index (χ0n) is 14.2. The number of thiazole rings is 1. The average molecular weight is 348 g/mol. The number of aromatic nitrogens is 3. The van der Waals surface area contributed by atoms with Crippen molar-refractivity contribution in [2.24, 2.45) is 7.05 Å². The Morgan fingerprint density at radius 3 is 2.92 bits per heavy atom. The quantitative estimate of drug-likeness (QED) is 0.758. The second-order valence-corrected chi connectivity index (χ2v) is 7.04. The number of carbonyl (C=O) groups is 1. The molecule has 0 atom stereocenters. The molecular formula is C16H24N6OS. The van der Waals surface area contributed by atoms with E-state index in [0.717, 1.165) is 55.4 Å². The summed E-state index contributed by atoms with van der Waals surface area (Å²) in [6.07, 6.45) is 4.65. The third-order valence-corrected chi connectivity index (χ3v) is 5.31. The second-order valence-electron chi connectivity index (χ2n) is 6.04. The summed E-state index contributed by atoms with van der Waals surface area (Å²) >= 11 is 1.42. The Hall–Kier alpha value is -1.77. The number of nitrogens with one attached hydrogen (secondary N) is 2. The van der Waals surface area contributed by atoms with E-state index in [4.69, 9.17) is 0 Å². The van der Waals surface area contributed by atoms with Crippen LogP contribution in [-0.2, 0) is 7.05 Å². The van der Waals surface area contributed by atoms with Crippen LogP contribution >= 0.6 is 11.3 Å². The molecule has 3 heterocycles. The van der Waals surface area contributed by atoms with Gasteiger partial charge in [-0.1, -0.05) is 0 Å². The first-order valence-corrected chi connectivity index (χ1v) is 9.13. The number of carbonyl (C=O) groups excluding carboxylic acids is 1. The van der Waals surface area contributed by atoms with E-state index in [2.05, 4.69) is 25.6 Å². The highest BCUT2D eigenvalue weighted by atomic mass is 32.1. The van der Waals surface area contributed by atoms with Gasteiger partial charge in [0.25, 0.3) is 5.91 Å². The molecule has 1 aliphatic rings. The van der Waals surface area contributed by atoms with Crippen molar-refractivity contribution in [2.45, 2.75) is 13.3 Å². The Labute approximate surface area is 146 Å². The lowest BCUT2D eigenvalue weighted by Crippen LogP contribution is -2.44. The number of aryl methyl sites for hydroxylation is 2. The van der Waals surface area contributed by atoms with E-state index in [-0.39, 0.29) is 5.91 Å². The predicted molar refractivity (Wildman–Crippen MR) is 95.3 cm³/mol. The highest BCUT2D eigenvalue weighted by Gasteiger charge is 2.17. The summed E-state index contributed by atoms with van der Waals surface area (Å²) in [5.74, 6) is -0.0274. The number of hydrogen-bond acceptors (Lipinski definition) is 6. The van der Waals surface area contributed by atoms with Crippen molar-refractivity contribution in [3.05, 3.63) is 23.0 Å². The molecule has 0 radical (unpaired) electrons. The van der Waals surface area contributed by atoms with Crippen molar-refractivity contribution < 1.29 is 4.79 Å². The van der Waals surface area contributed by atoms with Crippen molar-refractivity contribution in [3.8, 4) is 10.6 Å². The lowest BCUT2D eigenvalue weighted by Gasteiger charge is -2.27. The van der Waals surface area contributed by atoms with Crippen LogP contribution in [0.25, 0.3) is 10.6 Å². The molecule has 3 rings (SSSR count). The van der Waals surface area contributed by atoms with Crippen LogP contribution in [0, 0.1) is 6.92 Å². The summed E-state index contributed by atoms with van der Waals surface area (Å²) in [7, 11) is 1.87. The second kappa shape index (κ2) is 7.87. The Morgan fingerprint density at radius 1 is 1.42 bits per heavy atom. The molecule has 1 amide bonds. The fourth-order valence-electron chi connectivity index (χ4n) is 2.78. The van der Waals surface area contributed by atoms with E-state index in [1.807, 2.05) is 20.2 Å². The first kappa shape index (κ1) is 17.1. The molecule has 0 saturated carbocycles. The van der Waals surface area contributed by atoms with E-state index in [1.54, 1.807) is 10.9 Å². The van der Waals surface area contributed by atoms with Crippen LogP contribution in [0.3, 0.4) is 0 Å². The fraction of sp³-hybridized carbons (Fsp3) is 0.562. The van der Waals surface area contributed by atoms with Crippen LogP contribution in [-0.4, -0.2) is 64.8 Å². The van der Waals surface area contributed by atoms with Gasteiger partial charge < -0.3 is 15.5 Å². The number of piperazine rings is 1. The maximum absolute atomic E-state index is 12.4. The van der Waals surface area contributed by atoms with Gasteiger partial charge in [-0.15, -0.1) is 11.3 Å². The van der Waals surface area contributed by atoms with E-state index in [0.29, 0.717) is 11.4 Å². The van der Waals surface area contributed by atoms with Crippen LogP contribution in [0.15, 0.2) is 12.4 Å². The molecule has 130 valence electrons. The summed E-state index contributed by atoms with van der Waals surface area (Å²) in [6.45, 7) is 7.92. The topological polar surface area (TPSA) is 75.1 Å². The summed E-state index contributed by atoms with van der Waals surface area (Å²) in [4.78, 5) is 20.0. The number of rotatable bonds is 6. The largest absolute Gasteiger partial charge is 0.351 e. The highest BCUT2D eigenvalue weighted by Crippen LogP contribution is 2.27. The number of nitrogens with zero attached hydrogens (tertiary/aromatic N) is 4. The molecular weight excluding hydrogens is 324 g/mol. The zero-order chi connectivity index (χ0) is 16.9. The number of hydrogen-bond donors (Lipinski definition) is 2. The lowest BCUT2D eigenvalue weighted by molar-refractivity contribution is 0.0954. The maximum Gasteiger partial charge on any atom is 0.263 e. The molecule has 7 nitrogen and oxygen atoms in total. The molecule has 8 heteroatoms. The highest BCUT2D eigenvalue weighted by molar-refractivity contribution is 7.17. The molecule has 24 heavy (non-hydrogen) atoms. The maximum atomic E-state index is 12.4. The zero-order valence-corrected chi connectivity index (χ0v) is 15.0. The van der Waals surface area contributed by atoms with E-state index in [1.165, 1.54) is 11.3 Å².